The highest BCUT2D eigenvalue weighted by Gasteiger charge is 2.12. The fourth-order valence-corrected chi connectivity index (χ4v) is 3.42. The smallest absolute Gasteiger partial charge is 0.247 e. The van der Waals surface area contributed by atoms with Gasteiger partial charge >= 0.3 is 0 Å². The van der Waals surface area contributed by atoms with Crippen LogP contribution in [-0.4, -0.2) is 31.3 Å². The zero-order valence-corrected chi connectivity index (χ0v) is 18.1. The van der Waals surface area contributed by atoms with Gasteiger partial charge in [-0.3, -0.25) is 0 Å². The van der Waals surface area contributed by atoms with Crippen LogP contribution in [0.2, 0.25) is 5.02 Å². The summed E-state index contributed by atoms with van der Waals surface area (Å²) in [6, 6.07) is 16.6. The van der Waals surface area contributed by atoms with E-state index < -0.39 is 0 Å². The van der Waals surface area contributed by atoms with E-state index >= 15 is 0 Å². The Labute approximate surface area is 189 Å². The van der Waals surface area contributed by atoms with Gasteiger partial charge in [0, 0.05) is 29.2 Å². The molecule has 0 fully saturated rings. The average Bonchev–Trinajstić information content (AvgIpc) is 3.41. The molecule has 0 aliphatic heterocycles. The number of anilines is 2. The van der Waals surface area contributed by atoms with Crippen LogP contribution in [0.3, 0.4) is 0 Å². The summed E-state index contributed by atoms with van der Waals surface area (Å²) in [5.41, 5.74) is 3.20. The molecule has 1 N–H and O–H groups in total. The van der Waals surface area contributed by atoms with E-state index in [1.165, 1.54) is 0 Å². The number of nitrogens with zero attached hydrogens (tertiary/aromatic N) is 5. The number of nitrogens with one attached hydrogen (secondary N) is 1. The number of hydrogen-bond acceptors (Lipinski definition) is 6. The maximum Gasteiger partial charge on any atom is 0.247 e. The Bertz CT molecular complexity index is 1390. The molecule has 0 unspecified atom stereocenters. The zero-order chi connectivity index (χ0) is 22.1. The summed E-state index contributed by atoms with van der Waals surface area (Å²) in [5.74, 6) is 2.38. The minimum absolute atomic E-state index is 0.436. The number of methoxy groups -OCH3 is 1. The Balaban J connectivity index is 1.42. The van der Waals surface area contributed by atoms with E-state index in [4.69, 9.17) is 21.1 Å². The maximum atomic E-state index is 5.97. The lowest BCUT2D eigenvalue weighted by Crippen LogP contribution is -1.98. The van der Waals surface area contributed by atoms with Crippen molar-refractivity contribution in [1.29, 1.82) is 0 Å². The van der Waals surface area contributed by atoms with Gasteiger partial charge in [0.2, 0.25) is 5.95 Å². The molecule has 3 heterocycles. The number of fused-ring (bicyclic) bond motifs is 1. The minimum atomic E-state index is 0.436. The van der Waals surface area contributed by atoms with Crippen LogP contribution >= 0.6 is 11.6 Å². The van der Waals surface area contributed by atoms with Gasteiger partial charge in [-0.2, -0.15) is 4.98 Å². The van der Waals surface area contributed by atoms with Gasteiger partial charge in [-0.05, 0) is 55.5 Å². The van der Waals surface area contributed by atoms with Gasteiger partial charge in [0.05, 0.1) is 24.8 Å². The molecule has 2 aromatic carbocycles. The number of ether oxygens (including phenoxy) is 2. The lowest BCUT2D eigenvalue weighted by molar-refractivity contribution is 0.413. The molecule has 3 aromatic heterocycles. The molecule has 9 heteroatoms. The van der Waals surface area contributed by atoms with Crippen LogP contribution in [0.5, 0.6) is 17.2 Å². The van der Waals surface area contributed by atoms with Crippen molar-refractivity contribution in [1.82, 2.24) is 24.1 Å². The van der Waals surface area contributed by atoms with Crippen LogP contribution in [0.1, 0.15) is 5.69 Å². The van der Waals surface area contributed by atoms with Crippen LogP contribution in [0.4, 0.5) is 11.6 Å². The molecule has 0 aliphatic rings. The first kappa shape index (κ1) is 19.9. The summed E-state index contributed by atoms with van der Waals surface area (Å²) in [6.07, 6.45) is 5.51. The van der Waals surface area contributed by atoms with Crippen molar-refractivity contribution in [2.75, 3.05) is 12.4 Å². The molecule has 0 bridgehead atoms. The van der Waals surface area contributed by atoms with E-state index in [-0.39, 0.29) is 0 Å². The van der Waals surface area contributed by atoms with Crippen molar-refractivity contribution in [2.45, 2.75) is 6.92 Å². The minimum Gasteiger partial charge on any atom is -0.494 e. The van der Waals surface area contributed by atoms with E-state index in [0.29, 0.717) is 33.9 Å². The van der Waals surface area contributed by atoms with Crippen molar-refractivity contribution in [3.8, 4) is 22.9 Å². The fourth-order valence-electron chi connectivity index (χ4n) is 3.29. The molecular formula is C23H19ClN6O2. The van der Waals surface area contributed by atoms with E-state index in [1.807, 2.05) is 54.2 Å². The maximum absolute atomic E-state index is 5.97. The predicted molar refractivity (Wildman–Crippen MR) is 123 cm³/mol. The van der Waals surface area contributed by atoms with Gasteiger partial charge < -0.3 is 19.4 Å². The normalized spacial score (nSPS) is 11.0. The Kier molecular flexibility index (Phi) is 5.12. The molecule has 0 saturated heterocycles. The number of rotatable bonds is 6. The molecular weight excluding hydrogens is 428 g/mol. The summed E-state index contributed by atoms with van der Waals surface area (Å²) in [4.78, 5) is 8.87. The number of imidazole rings is 1. The van der Waals surface area contributed by atoms with Crippen LogP contribution in [0.15, 0.2) is 73.3 Å². The largest absolute Gasteiger partial charge is 0.494 e. The first-order chi connectivity index (χ1) is 15.6. The number of hydrogen-bond donors (Lipinski definition) is 1. The second-order valence-electron chi connectivity index (χ2n) is 7.07. The average molecular weight is 447 g/mol. The molecule has 160 valence electrons. The summed E-state index contributed by atoms with van der Waals surface area (Å²) < 4.78 is 15.1. The summed E-state index contributed by atoms with van der Waals surface area (Å²) in [6.45, 7) is 1.94. The monoisotopic (exact) mass is 446 g/mol. The summed E-state index contributed by atoms with van der Waals surface area (Å²) in [7, 11) is 1.63. The summed E-state index contributed by atoms with van der Waals surface area (Å²) in [5, 5.41) is 8.38. The van der Waals surface area contributed by atoms with Gasteiger partial charge in [0.25, 0.3) is 0 Å². The highest BCUT2D eigenvalue weighted by Crippen LogP contribution is 2.30. The van der Waals surface area contributed by atoms with Gasteiger partial charge in [0.1, 0.15) is 11.5 Å². The standard InChI is InChI=1S/C23H19ClN6O2/c1-15-13-29(14-25-15)19-10-7-17(12-21(19)31-2)26-23-27-22-20(4-3-11-30(22)28-23)32-18-8-5-16(24)6-9-18/h3-14H,1-2H3,(H,26,28). The van der Waals surface area contributed by atoms with E-state index in [2.05, 4.69) is 20.4 Å². The van der Waals surface area contributed by atoms with E-state index in [1.54, 1.807) is 42.2 Å². The van der Waals surface area contributed by atoms with Crippen molar-refractivity contribution in [2.24, 2.45) is 0 Å². The third-order valence-electron chi connectivity index (χ3n) is 4.79. The number of benzene rings is 2. The molecule has 0 atom stereocenters. The third kappa shape index (κ3) is 3.95. The highest BCUT2D eigenvalue weighted by atomic mass is 35.5. The first-order valence-corrected chi connectivity index (χ1v) is 10.2. The molecule has 0 amide bonds. The molecule has 0 saturated carbocycles. The molecule has 5 rings (SSSR count). The zero-order valence-electron chi connectivity index (χ0n) is 17.4. The van der Waals surface area contributed by atoms with Crippen molar-refractivity contribution in [3.63, 3.8) is 0 Å². The topological polar surface area (TPSA) is 78.5 Å². The Morgan fingerprint density at radius 2 is 1.88 bits per heavy atom. The fraction of sp³-hybridized carbons (Fsp3) is 0.0870. The predicted octanol–water partition coefficient (Wildman–Crippen LogP) is 5.42. The second-order valence-corrected chi connectivity index (χ2v) is 7.50. The number of halogens is 1. The Morgan fingerprint density at radius 1 is 1.03 bits per heavy atom. The van der Waals surface area contributed by atoms with Crippen molar-refractivity contribution < 1.29 is 9.47 Å². The van der Waals surface area contributed by atoms with E-state index in [9.17, 15) is 0 Å². The number of pyridine rings is 1. The molecule has 0 radical (unpaired) electrons. The molecule has 32 heavy (non-hydrogen) atoms. The Morgan fingerprint density at radius 3 is 2.62 bits per heavy atom. The van der Waals surface area contributed by atoms with Crippen LogP contribution < -0.4 is 14.8 Å². The third-order valence-corrected chi connectivity index (χ3v) is 5.05. The Hall–Kier alpha value is -4.04. The first-order valence-electron chi connectivity index (χ1n) is 9.84. The SMILES string of the molecule is COc1cc(Nc2nc3c(Oc4ccc(Cl)cc4)cccn3n2)ccc1-n1cnc(C)c1. The van der Waals surface area contributed by atoms with Crippen LogP contribution in [-0.2, 0) is 0 Å². The second kappa shape index (κ2) is 8.24. The van der Waals surface area contributed by atoms with Crippen LogP contribution in [0.25, 0.3) is 11.3 Å². The number of aromatic nitrogens is 5. The summed E-state index contributed by atoms with van der Waals surface area (Å²) >= 11 is 5.95. The highest BCUT2D eigenvalue weighted by molar-refractivity contribution is 6.30. The molecule has 0 aliphatic carbocycles. The lowest BCUT2D eigenvalue weighted by Gasteiger charge is -2.11. The van der Waals surface area contributed by atoms with Gasteiger partial charge in [-0.25, -0.2) is 9.50 Å². The molecule has 0 spiro atoms. The number of aryl methyl sites for hydroxylation is 1. The van der Waals surface area contributed by atoms with Crippen LogP contribution in [0, 0.1) is 6.92 Å². The molecule has 8 nitrogen and oxygen atoms in total. The van der Waals surface area contributed by atoms with E-state index in [0.717, 1.165) is 17.1 Å². The van der Waals surface area contributed by atoms with Crippen molar-refractivity contribution in [3.05, 3.63) is 84.0 Å². The van der Waals surface area contributed by atoms with Gasteiger partial charge in [-0.1, -0.05) is 11.6 Å². The van der Waals surface area contributed by atoms with Crippen molar-refractivity contribution >= 4 is 28.9 Å². The molecule has 5 aromatic rings. The van der Waals surface area contributed by atoms with Gasteiger partial charge in [0.15, 0.2) is 11.4 Å². The quantitative estimate of drug-likeness (QED) is 0.375. The lowest BCUT2D eigenvalue weighted by atomic mass is 10.2. The van der Waals surface area contributed by atoms with Gasteiger partial charge in [-0.15, -0.1) is 5.10 Å².